The summed E-state index contributed by atoms with van der Waals surface area (Å²) in [6.45, 7) is 0.837. The molecule has 1 aliphatic carbocycles. The summed E-state index contributed by atoms with van der Waals surface area (Å²) < 4.78 is 6.11. The van der Waals surface area contributed by atoms with E-state index < -0.39 is 0 Å². The third-order valence-corrected chi connectivity index (χ3v) is 3.99. The fourth-order valence-electron chi connectivity index (χ4n) is 2.97. The second-order valence-electron chi connectivity index (χ2n) is 5.54. The number of pyridine rings is 1. The van der Waals surface area contributed by atoms with Crippen LogP contribution in [0.15, 0.2) is 30.3 Å². The van der Waals surface area contributed by atoms with Crippen molar-refractivity contribution >= 4 is 10.9 Å². The maximum absolute atomic E-state index is 6.11. The number of hydrogen-bond acceptors (Lipinski definition) is 3. The Balaban J connectivity index is 1.90. The van der Waals surface area contributed by atoms with Crippen molar-refractivity contribution in [2.75, 3.05) is 7.05 Å². The Morgan fingerprint density at radius 1 is 1.20 bits per heavy atom. The minimum absolute atomic E-state index is 0.347. The first kappa shape index (κ1) is 13.4. The van der Waals surface area contributed by atoms with Crippen LogP contribution >= 0.6 is 0 Å². The molecule has 1 N–H and O–H groups in total. The predicted octanol–water partition coefficient (Wildman–Crippen LogP) is 3.67. The molecular weight excluding hydrogens is 248 g/mol. The molecule has 1 aromatic heterocycles. The number of nitrogens with zero attached hydrogens (tertiary/aromatic N) is 1. The zero-order chi connectivity index (χ0) is 13.8. The number of para-hydroxylation sites is 1. The van der Waals surface area contributed by atoms with Crippen molar-refractivity contribution in [3.05, 3.63) is 35.9 Å². The van der Waals surface area contributed by atoms with E-state index in [1.807, 2.05) is 13.1 Å². The van der Waals surface area contributed by atoms with Crippen molar-refractivity contribution < 1.29 is 4.74 Å². The fraction of sp³-hybridized carbons (Fsp3) is 0.471. The Morgan fingerprint density at radius 3 is 2.80 bits per heavy atom. The number of fused-ring (bicyclic) bond motifs is 1. The third kappa shape index (κ3) is 2.93. The molecule has 20 heavy (non-hydrogen) atoms. The van der Waals surface area contributed by atoms with Gasteiger partial charge >= 0.3 is 0 Å². The van der Waals surface area contributed by atoms with Gasteiger partial charge in [0.2, 0.25) is 5.88 Å². The maximum Gasteiger partial charge on any atom is 0.214 e. The number of rotatable bonds is 4. The number of ether oxygens (including phenoxy) is 1. The van der Waals surface area contributed by atoms with Crippen LogP contribution in [0, 0.1) is 0 Å². The molecule has 0 amide bonds. The van der Waals surface area contributed by atoms with E-state index in [0.717, 1.165) is 30.8 Å². The molecule has 3 heteroatoms. The van der Waals surface area contributed by atoms with E-state index in [-0.39, 0.29) is 0 Å². The fourth-order valence-corrected chi connectivity index (χ4v) is 2.97. The molecule has 3 nitrogen and oxygen atoms in total. The minimum Gasteiger partial charge on any atom is -0.474 e. The van der Waals surface area contributed by atoms with Gasteiger partial charge in [-0.15, -0.1) is 0 Å². The van der Waals surface area contributed by atoms with Gasteiger partial charge in [-0.05, 0) is 44.4 Å². The zero-order valence-electron chi connectivity index (χ0n) is 12.1. The molecule has 0 unspecified atom stereocenters. The smallest absolute Gasteiger partial charge is 0.214 e. The van der Waals surface area contributed by atoms with Gasteiger partial charge in [-0.25, -0.2) is 4.98 Å². The lowest BCUT2D eigenvalue weighted by atomic mass is 9.98. The standard InChI is InChI=1S/C17H22N2O/c1-18-12-13-11-17(20-14-7-3-2-4-8-14)19-16-10-6-5-9-15(13)16/h5-6,9-11,14,18H,2-4,7-8,12H2,1H3. The molecule has 1 heterocycles. The second kappa shape index (κ2) is 6.23. The largest absolute Gasteiger partial charge is 0.474 e. The first-order valence-corrected chi connectivity index (χ1v) is 7.57. The van der Waals surface area contributed by atoms with E-state index in [1.165, 1.54) is 30.2 Å². The van der Waals surface area contributed by atoms with Gasteiger partial charge in [-0.1, -0.05) is 24.6 Å². The number of benzene rings is 1. The van der Waals surface area contributed by atoms with Gasteiger partial charge in [-0.3, -0.25) is 0 Å². The van der Waals surface area contributed by atoms with E-state index in [4.69, 9.17) is 4.74 Å². The Hall–Kier alpha value is -1.61. The minimum atomic E-state index is 0.347. The van der Waals surface area contributed by atoms with Crippen LogP contribution in [0.4, 0.5) is 0 Å². The van der Waals surface area contributed by atoms with Crippen LogP contribution in [0.1, 0.15) is 37.7 Å². The lowest BCUT2D eigenvalue weighted by Gasteiger charge is -2.23. The van der Waals surface area contributed by atoms with Gasteiger partial charge in [0, 0.05) is 18.0 Å². The highest BCUT2D eigenvalue weighted by atomic mass is 16.5. The molecule has 1 aliphatic rings. The van der Waals surface area contributed by atoms with Gasteiger partial charge < -0.3 is 10.1 Å². The molecule has 106 valence electrons. The van der Waals surface area contributed by atoms with E-state index in [1.54, 1.807) is 0 Å². The van der Waals surface area contributed by atoms with Gasteiger partial charge in [0.15, 0.2) is 0 Å². The van der Waals surface area contributed by atoms with Crippen molar-refractivity contribution in [3.63, 3.8) is 0 Å². The predicted molar refractivity (Wildman–Crippen MR) is 82.0 cm³/mol. The summed E-state index contributed by atoms with van der Waals surface area (Å²) in [6, 6.07) is 10.4. The lowest BCUT2D eigenvalue weighted by molar-refractivity contribution is 0.149. The highest BCUT2D eigenvalue weighted by Crippen LogP contribution is 2.26. The van der Waals surface area contributed by atoms with Crippen LogP contribution in [0.25, 0.3) is 10.9 Å². The molecule has 1 fully saturated rings. The molecule has 0 aliphatic heterocycles. The Labute approximate surface area is 120 Å². The van der Waals surface area contributed by atoms with E-state index in [2.05, 4.69) is 34.6 Å². The van der Waals surface area contributed by atoms with Crippen LogP contribution in [0.5, 0.6) is 5.88 Å². The summed E-state index contributed by atoms with van der Waals surface area (Å²) in [5, 5.41) is 4.43. The van der Waals surface area contributed by atoms with Crippen LogP contribution in [0.3, 0.4) is 0 Å². The van der Waals surface area contributed by atoms with Crippen molar-refractivity contribution in [3.8, 4) is 5.88 Å². The van der Waals surface area contributed by atoms with E-state index >= 15 is 0 Å². The third-order valence-electron chi connectivity index (χ3n) is 3.99. The molecule has 1 aromatic carbocycles. The quantitative estimate of drug-likeness (QED) is 0.920. The highest BCUT2D eigenvalue weighted by Gasteiger charge is 2.16. The second-order valence-corrected chi connectivity index (χ2v) is 5.54. The van der Waals surface area contributed by atoms with Gasteiger partial charge in [-0.2, -0.15) is 0 Å². The molecule has 0 bridgehead atoms. The molecule has 0 saturated heterocycles. The SMILES string of the molecule is CNCc1cc(OC2CCCCC2)nc2ccccc12. The monoisotopic (exact) mass is 270 g/mol. The van der Waals surface area contributed by atoms with E-state index in [0.29, 0.717) is 6.10 Å². The number of hydrogen-bond donors (Lipinski definition) is 1. The van der Waals surface area contributed by atoms with Crippen LogP contribution in [0.2, 0.25) is 0 Å². The van der Waals surface area contributed by atoms with Gasteiger partial charge in [0.1, 0.15) is 6.10 Å². The van der Waals surface area contributed by atoms with Crippen molar-refractivity contribution in [2.45, 2.75) is 44.8 Å². The Morgan fingerprint density at radius 2 is 2.00 bits per heavy atom. The summed E-state index contributed by atoms with van der Waals surface area (Å²) in [5.41, 5.74) is 2.27. The first-order chi connectivity index (χ1) is 9.86. The molecule has 3 rings (SSSR count). The summed E-state index contributed by atoms with van der Waals surface area (Å²) in [7, 11) is 1.97. The topological polar surface area (TPSA) is 34.1 Å². The molecule has 2 aromatic rings. The molecule has 0 spiro atoms. The summed E-state index contributed by atoms with van der Waals surface area (Å²) >= 11 is 0. The average Bonchev–Trinajstić information content (AvgIpc) is 2.49. The average molecular weight is 270 g/mol. The molecule has 0 radical (unpaired) electrons. The molecular formula is C17H22N2O. The number of aromatic nitrogens is 1. The molecule has 1 saturated carbocycles. The Bertz CT molecular complexity index is 576. The summed E-state index contributed by atoms with van der Waals surface area (Å²) in [4.78, 5) is 4.66. The zero-order valence-corrected chi connectivity index (χ0v) is 12.1. The van der Waals surface area contributed by atoms with Crippen molar-refractivity contribution in [1.29, 1.82) is 0 Å². The van der Waals surface area contributed by atoms with E-state index in [9.17, 15) is 0 Å². The van der Waals surface area contributed by atoms with Crippen LogP contribution in [-0.2, 0) is 6.54 Å². The lowest BCUT2D eigenvalue weighted by Crippen LogP contribution is -2.20. The summed E-state index contributed by atoms with van der Waals surface area (Å²) in [6.07, 6.45) is 6.57. The van der Waals surface area contributed by atoms with Crippen LogP contribution < -0.4 is 10.1 Å². The normalized spacial score (nSPS) is 16.4. The summed E-state index contributed by atoms with van der Waals surface area (Å²) in [5.74, 6) is 0.779. The number of nitrogens with one attached hydrogen (secondary N) is 1. The van der Waals surface area contributed by atoms with Crippen LogP contribution in [-0.4, -0.2) is 18.1 Å². The highest BCUT2D eigenvalue weighted by molar-refractivity contribution is 5.82. The van der Waals surface area contributed by atoms with Gasteiger partial charge in [0.05, 0.1) is 5.52 Å². The molecule has 0 atom stereocenters. The maximum atomic E-state index is 6.11. The first-order valence-electron chi connectivity index (χ1n) is 7.57. The van der Waals surface area contributed by atoms with Crippen molar-refractivity contribution in [2.24, 2.45) is 0 Å². The Kier molecular flexibility index (Phi) is 4.16. The van der Waals surface area contributed by atoms with Crippen molar-refractivity contribution in [1.82, 2.24) is 10.3 Å². The van der Waals surface area contributed by atoms with Gasteiger partial charge in [0.25, 0.3) is 0 Å².